The van der Waals surface area contributed by atoms with E-state index in [0.29, 0.717) is 29.9 Å². The molecule has 212 valence electrons. The number of aryl methyl sites for hydroxylation is 1. The number of imidazole rings is 1. The molecule has 0 saturated carbocycles. The SMILES string of the molecule is CCc1nc2ncc(C#Cc3ccnc(NC(=O)c4ccc(CN5CCN(CC)CC5)c(C(F)(F)F)c4)c3)cc2[nH]1. The van der Waals surface area contributed by atoms with Gasteiger partial charge >= 0.3 is 6.18 Å². The smallest absolute Gasteiger partial charge is 0.341 e. The van der Waals surface area contributed by atoms with Crippen molar-refractivity contribution in [3.05, 3.63) is 82.4 Å². The number of nitrogens with zero attached hydrogens (tertiary/aromatic N) is 5. The highest BCUT2D eigenvalue weighted by atomic mass is 19.4. The van der Waals surface area contributed by atoms with Gasteiger partial charge in [0.1, 0.15) is 11.6 Å². The van der Waals surface area contributed by atoms with Crippen LogP contribution in [0.5, 0.6) is 0 Å². The molecule has 4 aromatic rings. The van der Waals surface area contributed by atoms with E-state index in [2.05, 4.69) is 48.9 Å². The lowest BCUT2D eigenvalue weighted by molar-refractivity contribution is -0.138. The van der Waals surface area contributed by atoms with Crippen molar-refractivity contribution in [3.8, 4) is 11.8 Å². The predicted molar refractivity (Wildman–Crippen MR) is 150 cm³/mol. The number of aromatic nitrogens is 4. The average molecular weight is 562 g/mol. The third-order valence-electron chi connectivity index (χ3n) is 7.06. The van der Waals surface area contributed by atoms with E-state index in [0.717, 1.165) is 43.5 Å². The lowest BCUT2D eigenvalue weighted by Crippen LogP contribution is -2.45. The zero-order valence-electron chi connectivity index (χ0n) is 22.8. The number of benzene rings is 1. The quantitative estimate of drug-likeness (QED) is 0.331. The number of carbonyl (C=O) groups is 1. The summed E-state index contributed by atoms with van der Waals surface area (Å²) in [5.74, 6) is 6.38. The second-order valence-corrected chi connectivity index (χ2v) is 9.85. The van der Waals surface area contributed by atoms with E-state index in [4.69, 9.17) is 0 Å². The summed E-state index contributed by atoms with van der Waals surface area (Å²) in [6, 6.07) is 8.84. The molecule has 1 saturated heterocycles. The maximum atomic E-state index is 14.0. The van der Waals surface area contributed by atoms with Crippen LogP contribution in [0.25, 0.3) is 11.2 Å². The fourth-order valence-corrected chi connectivity index (χ4v) is 4.72. The number of likely N-dealkylation sites (N-methyl/N-ethyl adjacent to an activating group) is 1. The summed E-state index contributed by atoms with van der Waals surface area (Å²) in [4.78, 5) is 33.2. The molecule has 0 unspecified atom stereocenters. The highest BCUT2D eigenvalue weighted by Gasteiger charge is 2.34. The second kappa shape index (κ2) is 12.1. The Morgan fingerprint density at radius 2 is 1.76 bits per heavy atom. The van der Waals surface area contributed by atoms with Gasteiger partial charge in [-0.15, -0.1) is 0 Å². The second-order valence-electron chi connectivity index (χ2n) is 9.85. The third kappa shape index (κ3) is 6.90. The lowest BCUT2D eigenvalue weighted by atomic mass is 10.0. The maximum absolute atomic E-state index is 14.0. The molecule has 0 atom stereocenters. The molecule has 1 fully saturated rings. The number of anilines is 1. The summed E-state index contributed by atoms with van der Waals surface area (Å²) < 4.78 is 41.9. The Hall–Kier alpha value is -4.27. The molecule has 5 rings (SSSR count). The molecule has 0 bridgehead atoms. The number of carbonyl (C=O) groups excluding carboxylic acids is 1. The van der Waals surface area contributed by atoms with Crippen molar-refractivity contribution >= 4 is 22.9 Å². The summed E-state index contributed by atoms with van der Waals surface area (Å²) in [6.07, 6.45) is -0.712. The monoisotopic (exact) mass is 561 g/mol. The number of H-pyrrole nitrogens is 1. The van der Waals surface area contributed by atoms with Gasteiger partial charge in [0.25, 0.3) is 5.91 Å². The van der Waals surface area contributed by atoms with Gasteiger partial charge in [-0.25, -0.2) is 15.0 Å². The van der Waals surface area contributed by atoms with Crippen molar-refractivity contribution in [2.24, 2.45) is 0 Å². The van der Waals surface area contributed by atoms with Crippen LogP contribution in [0.3, 0.4) is 0 Å². The fraction of sp³-hybridized carbons (Fsp3) is 0.333. The van der Waals surface area contributed by atoms with Crippen molar-refractivity contribution < 1.29 is 18.0 Å². The van der Waals surface area contributed by atoms with Crippen molar-refractivity contribution in [2.45, 2.75) is 33.0 Å². The van der Waals surface area contributed by atoms with Gasteiger partial charge in [0.05, 0.1) is 11.1 Å². The zero-order chi connectivity index (χ0) is 29.0. The lowest BCUT2D eigenvalue weighted by Gasteiger charge is -2.34. The van der Waals surface area contributed by atoms with Gasteiger partial charge in [0.2, 0.25) is 0 Å². The van der Waals surface area contributed by atoms with Crippen LogP contribution in [0.1, 0.15) is 52.3 Å². The van der Waals surface area contributed by atoms with Gasteiger partial charge < -0.3 is 15.2 Å². The van der Waals surface area contributed by atoms with Gasteiger partial charge in [-0.05, 0) is 42.4 Å². The van der Waals surface area contributed by atoms with Crippen LogP contribution in [-0.2, 0) is 19.1 Å². The summed E-state index contributed by atoms with van der Waals surface area (Å²) in [5, 5.41) is 2.59. The first-order valence-corrected chi connectivity index (χ1v) is 13.5. The van der Waals surface area contributed by atoms with Crippen molar-refractivity contribution in [1.82, 2.24) is 29.7 Å². The molecule has 3 aromatic heterocycles. The number of amides is 1. The number of alkyl halides is 3. The van der Waals surface area contributed by atoms with Gasteiger partial charge in [-0.3, -0.25) is 9.69 Å². The van der Waals surface area contributed by atoms with Crippen LogP contribution in [-0.4, -0.2) is 68.4 Å². The minimum atomic E-state index is -4.59. The molecular weight excluding hydrogens is 531 g/mol. The molecule has 1 aromatic carbocycles. The van der Waals surface area contributed by atoms with E-state index in [1.165, 1.54) is 18.3 Å². The minimum Gasteiger partial charge on any atom is -0.341 e. The van der Waals surface area contributed by atoms with Crippen LogP contribution >= 0.6 is 0 Å². The highest BCUT2D eigenvalue weighted by molar-refractivity contribution is 6.04. The molecule has 2 N–H and O–H groups in total. The van der Waals surface area contributed by atoms with Crippen molar-refractivity contribution in [2.75, 3.05) is 38.0 Å². The van der Waals surface area contributed by atoms with Gasteiger partial charge in [-0.1, -0.05) is 31.8 Å². The Kier molecular flexibility index (Phi) is 8.33. The normalized spacial score (nSPS) is 14.6. The van der Waals surface area contributed by atoms with Crippen LogP contribution in [0.2, 0.25) is 0 Å². The van der Waals surface area contributed by atoms with Crippen LogP contribution in [0.4, 0.5) is 19.0 Å². The van der Waals surface area contributed by atoms with E-state index in [-0.39, 0.29) is 23.5 Å². The summed E-state index contributed by atoms with van der Waals surface area (Å²) in [6.45, 7) is 8.23. The van der Waals surface area contributed by atoms with E-state index < -0.39 is 17.6 Å². The third-order valence-corrected chi connectivity index (χ3v) is 7.06. The molecule has 0 aliphatic carbocycles. The largest absolute Gasteiger partial charge is 0.416 e. The van der Waals surface area contributed by atoms with Gasteiger partial charge in [0, 0.05) is 68.2 Å². The Morgan fingerprint density at radius 3 is 2.49 bits per heavy atom. The van der Waals surface area contributed by atoms with Crippen molar-refractivity contribution in [3.63, 3.8) is 0 Å². The Bertz CT molecular complexity index is 1610. The summed E-state index contributed by atoms with van der Waals surface area (Å²) in [7, 11) is 0. The Balaban J connectivity index is 1.29. The number of fused-ring (bicyclic) bond motifs is 1. The minimum absolute atomic E-state index is 0.0967. The zero-order valence-corrected chi connectivity index (χ0v) is 22.8. The molecule has 0 radical (unpaired) electrons. The van der Waals surface area contributed by atoms with E-state index in [1.807, 2.05) is 17.9 Å². The summed E-state index contributed by atoms with van der Waals surface area (Å²) in [5.41, 5.74) is 1.92. The molecular formula is C30H30F3N7O. The van der Waals surface area contributed by atoms with E-state index in [1.54, 1.807) is 18.3 Å². The Labute approximate surface area is 236 Å². The first-order chi connectivity index (χ1) is 19.7. The average Bonchev–Trinajstić information content (AvgIpc) is 3.39. The molecule has 0 spiro atoms. The van der Waals surface area contributed by atoms with Crippen LogP contribution < -0.4 is 5.32 Å². The molecule has 1 aliphatic heterocycles. The standard InChI is InChI=1S/C30H30F3N7O/c1-3-26-36-25-15-21(18-35-28(25)37-26)6-5-20-9-10-34-27(16-20)38-29(41)22-7-8-23(24(17-22)30(31,32)33)19-40-13-11-39(4-2)12-14-40/h7-10,15-18H,3-4,11-14,19H2,1-2H3,(H,34,38,41)(H,35,36,37). The number of rotatable bonds is 6. The molecule has 1 amide bonds. The van der Waals surface area contributed by atoms with Gasteiger partial charge in [-0.2, -0.15) is 13.2 Å². The number of pyridine rings is 2. The topological polar surface area (TPSA) is 90.0 Å². The van der Waals surface area contributed by atoms with Crippen LogP contribution in [0.15, 0.2) is 48.8 Å². The number of halogens is 3. The molecule has 11 heteroatoms. The maximum Gasteiger partial charge on any atom is 0.416 e. The van der Waals surface area contributed by atoms with E-state index in [9.17, 15) is 18.0 Å². The Morgan fingerprint density at radius 1 is 1.00 bits per heavy atom. The highest BCUT2D eigenvalue weighted by Crippen LogP contribution is 2.33. The molecule has 41 heavy (non-hydrogen) atoms. The number of hydrogen-bond acceptors (Lipinski definition) is 6. The number of hydrogen-bond donors (Lipinski definition) is 2. The first kappa shape index (κ1) is 28.3. The predicted octanol–water partition coefficient (Wildman–Crippen LogP) is 4.72. The fourth-order valence-electron chi connectivity index (χ4n) is 4.72. The molecule has 8 nitrogen and oxygen atoms in total. The number of nitrogens with one attached hydrogen (secondary N) is 2. The van der Waals surface area contributed by atoms with Gasteiger partial charge in [0.15, 0.2) is 5.65 Å². The molecule has 4 heterocycles. The molecule has 1 aliphatic rings. The number of aromatic amines is 1. The first-order valence-electron chi connectivity index (χ1n) is 13.5. The van der Waals surface area contributed by atoms with Crippen molar-refractivity contribution in [1.29, 1.82) is 0 Å². The van der Waals surface area contributed by atoms with Crippen LogP contribution in [0, 0.1) is 11.8 Å². The summed E-state index contributed by atoms with van der Waals surface area (Å²) >= 11 is 0. The van der Waals surface area contributed by atoms with E-state index >= 15 is 0 Å². The number of piperazine rings is 1.